The number of hydrogen-bond donors (Lipinski definition) is 0. The second-order valence-electron chi connectivity index (χ2n) is 11.8. The Balaban J connectivity index is 1.12. The van der Waals surface area contributed by atoms with Gasteiger partial charge in [-0.3, -0.25) is 4.99 Å². The number of hydrogen-bond acceptors (Lipinski definition) is 4. The van der Waals surface area contributed by atoms with Crippen molar-refractivity contribution in [3.05, 3.63) is 157 Å². The SMILES string of the molecule is c1ccc(-c2ccc3ccc4c(c3n2)N=C(c2cccc(-c3ccc5ccc6ccc(-c7ccccc7)nc6c5n3)c2)CC4)cc1. The average Bonchev–Trinajstić information content (AvgIpc) is 3.14. The van der Waals surface area contributed by atoms with Crippen molar-refractivity contribution in [3.63, 3.8) is 0 Å². The van der Waals surface area contributed by atoms with Crippen molar-refractivity contribution in [1.82, 2.24) is 15.0 Å². The second kappa shape index (κ2) is 10.9. The van der Waals surface area contributed by atoms with Gasteiger partial charge >= 0.3 is 0 Å². The maximum atomic E-state index is 5.27. The summed E-state index contributed by atoms with van der Waals surface area (Å²) in [5.74, 6) is 0. The largest absolute Gasteiger partial charge is 0.250 e. The Bertz CT molecular complexity index is 2470. The van der Waals surface area contributed by atoms with E-state index in [-0.39, 0.29) is 0 Å². The molecule has 0 bridgehead atoms. The third kappa shape index (κ3) is 4.63. The van der Waals surface area contributed by atoms with Crippen molar-refractivity contribution in [2.24, 2.45) is 4.99 Å². The molecule has 4 heteroatoms. The molecule has 216 valence electrons. The summed E-state index contributed by atoms with van der Waals surface area (Å²) in [6.07, 6.45) is 1.81. The van der Waals surface area contributed by atoms with Gasteiger partial charge in [0.25, 0.3) is 0 Å². The lowest BCUT2D eigenvalue weighted by atomic mass is 9.94. The minimum Gasteiger partial charge on any atom is -0.250 e. The van der Waals surface area contributed by atoms with Gasteiger partial charge in [0.1, 0.15) is 0 Å². The Morgan fingerprint density at radius 2 is 0.848 bits per heavy atom. The molecular formula is C42H28N4. The summed E-state index contributed by atoms with van der Waals surface area (Å²) >= 11 is 0. The van der Waals surface area contributed by atoms with Crippen LogP contribution in [-0.2, 0) is 6.42 Å². The highest BCUT2D eigenvalue weighted by atomic mass is 14.8. The lowest BCUT2D eigenvalue weighted by Crippen LogP contribution is -2.08. The van der Waals surface area contributed by atoms with Gasteiger partial charge in [0.05, 0.1) is 39.3 Å². The molecule has 4 nitrogen and oxygen atoms in total. The molecule has 0 N–H and O–H groups in total. The predicted molar refractivity (Wildman–Crippen MR) is 190 cm³/mol. The third-order valence-corrected chi connectivity index (χ3v) is 8.95. The van der Waals surface area contributed by atoms with Gasteiger partial charge in [0.2, 0.25) is 0 Å². The minimum absolute atomic E-state index is 0.877. The van der Waals surface area contributed by atoms with E-state index in [0.29, 0.717) is 0 Å². The zero-order valence-corrected chi connectivity index (χ0v) is 25.1. The highest BCUT2D eigenvalue weighted by Crippen LogP contribution is 2.36. The Kier molecular flexibility index (Phi) is 6.24. The van der Waals surface area contributed by atoms with Gasteiger partial charge in [-0.2, -0.15) is 0 Å². The Hall–Kier alpha value is -6.00. The van der Waals surface area contributed by atoms with Gasteiger partial charge < -0.3 is 0 Å². The lowest BCUT2D eigenvalue weighted by molar-refractivity contribution is 1.01. The molecule has 1 aliphatic rings. The molecule has 0 saturated carbocycles. The maximum Gasteiger partial charge on any atom is 0.0972 e. The number of pyridine rings is 3. The van der Waals surface area contributed by atoms with E-state index in [1.807, 2.05) is 24.3 Å². The first kappa shape index (κ1) is 26.4. The summed E-state index contributed by atoms with van der Waals surface area (Å²) in [6.45, 7) is 0. The third-order valence-electron chi connectivity index (χ3n) is 8.95. The summed E-state index contributed by atoms with van der Waals surface area (Å²) in [5, 5.41) is 3.26. The minimum atomic E-state index is 0.877. The molecule has 0 radical (unpaired) electrons. The fourth-order valence-electron chi connectivity index (χ4n) is 6.52. The van der Waals surface area contributed by atoms with Crippen LogP contribution in [-0.4, -0.2) is 20.7 Å². The normalized spacial score (nSPS) is 12.7. The van der Waals surface area contributed by atoms with Gasteiger partial charge in [-0.1, -0.05) is 121 Å². The number of aliphatic imine (C=N–C) groups is 1. The van der Waals surface area contributed by atoms with Crippen LogP contribution in [0.25, 0.3) is 66.5 Å². The number of aryl methyl sites for hydroxylation is 1. The van der Waals surface area contributed by atoms with Crippen LogP contribution in [0.5, 0.6) is 0 Å². The van der Waals surface area contributed by atoms with Crippen LogP contribution in [0.2, 0.25) is 0 Å². The molecule has 9 rings (SSSR count). The van der Waals surface area contributed by atoms with Gasteiger partial charge in [-0.05, 0) is 48.2 Å². The Morgan fingerprint density at radius 3 is 1.48 bits per heavy atom. The molecule has 46 heavy (non-hydrogen) atoms. The van der Waals surface area contributed by atoms with E-state index < -0.39 is 0 Å². The standard InChI is InChI=1S/C42H28N4/c1-3-8-27(9-4-1)35-22-18-29-14-16-31-20-24-37(45-41(31)39(29)43-35)33-12-7-13-34(26-33)38-25-21-32-17-15-30-19-23-36(28-10-5-2-6-11-28)44-40(30)42(32)46-38/h1-20,22-24,26H,21,25H2. The zero-order chi connectivity index (χ0) is 30.5. The fourth-order valence-corrected chi connectivity index (χ4v) is 6.52. The van der Waals surface area contributed by atoms with Crippen LogP contribution in [0.3, 0.4) is 0 Å². The molecule has 0 aliphatic carbocycles. The van der Waals surface area contributed by atoms with Crippen LogP contribution < -0.4 is 0 Å². The molecule has 4 heterocycles. The van der Waals surface area contributed by atoms with E-state index in [4.69, 9.17) is 19.9 Å². The average molecular weight is 589 g/mol. The van der Waals surface area contributed by atoms with E-state index in [2.05, 4.69) is 121 Å². The monoisotopic (exact) mass is 588 g/mol. The van der Waals surface area contributed by atoms with Gasteiger partial charge in [-0.15, -0.1) is 0 Å². The lowest BCUT2D eigenvalue weighted by Gasteiger charge is -2.18. The van der Waals surface area contributed by atoms with E-state index >= 15 is 0 Å². The molecule has 0 fully saturated rings. The smallest absolute Gasteiger partial charge is 0.0972 e. The van der Waals surface area contributed by atoms with E-state index in [1.54, 1.807) is 0 Å². The number of benzene rings is 5. The first-order valence-corrected chi connectivity index (χ1v) is 15.7. The molecular weight excluding hydrogens is 560 g/mol. The molecule has 8 aromatic rings. The second-order valence-corrected chi connectivity index (χ2v) is 11.8. The molecule has 5 aromatic carbocycles. The van der Waals surface area contributed by atoms with E-state index in [0.717, 1.165) is 96.3 Å². The molecule has 0 saturated heterocycles. The highest BCUT2D eigenvalue weighted by Gasteiger charge is 2.18. The number of fused-ring (bicyclic) bond motifs is 6. The molecule has 0 amide bonds. The van der Waals surface area contributed by atoms with Crippen molar-refractivity contribution in [1.29, 1.82) is 0 Å². The van der Waals surface area contributed by atoms with Gasteiger partial charge in [-0.25, -0.2) is 15.0 Å². The zero-order valence-electron chi connectivity index (χ0n) is 25.1. The summed E-state index contributed by atoms with van der Waals surface area (Å²) in [4.78, 5) is 20.7. The van der Waals surface area contributed by atoms with Crippen molar-refractivity contribution in [2.45, 2.75) is 12.8 Å². The summed E-state index contributed by atoms with van der Waals surface area (Å²) < 4.78 is 0. The Morgan fingerprint density at radius 1 is 0.370 bits per heavy atom. The predicted octanol–water partition coefficient (Wildman–Crippen LogP) is 10.4. The van der Waals surface area contributed by atoms with Crippen molar-refractivity contribution in [2.75, 3.05) is 0 Å². The summed E-state index contributed by atoms with van der Waals surface area (Å²) in [6, 6.07) is 50.6. The van der Waals surface area contributed by atoms with Crippen molar-refractivity contribution < 1.29 is 0 Å². The first-order chi connectivity index (χ1) is 22.8. The number of nitrogens with zero attached hydrogens (tertiary/aromatic N) is 4. The first-order valence-electron chi connectivity index (χ1n) is 15.7. The van der Waals surface area contributed by atoms with E-state index in [9.17, 15) is 0 Å². The Labute approximate surface area is 266 Å². The summed E-state index contributed by atoms with van der Waals surface area (Å²) in [7, 11) is 0. The van der Waals surface area contributed by atoms with Gasteiger partial charge in [0.15, 0.2) is 0 Å². The van der Waals surface area contributed by atoms with Crippen molar-refractivity contribution >= 4 is 44.1 Å². The fraction of sp³-hybridized carbons (Fsp3) is 0.0476. The highest BCUT2D eigenvalue weighted by molar-refractivity contribution is 6.07. The van der Waals surface area contributed by atoms with Crippen LogP contribution in [0.15, 0.2) is 151 Å². The summed E-state index contributed by atoms with van der Waals surface area (Å²) in [5.41, 5.74) is 13.3. The molecule has 0 atom stereocenters. The van der Waals surface area contributed by atoms with Crippen LogP contribution >= 0.6 is 0 Å². The number of aromatic nitrogens is 3. The van der Waals surface area contributed by atoms with Crippen LogP contribution in [0.4, 0.5) is 5.69 Å². The quantitative estimate of drug-likeness (QED) is 0.192. The topological polar surface area (TPSA) is 51.0 Å². The number of rotatable bonds is 4. The molecule has 1 aliphatic heterocycles. The maximum absolute atomic E-state index is 5.27. The molecule has 3 aromatic heterocycles. The van der Waals surface area contributed by atoms with Crippen LogP contribution in [0, 0.1) is 0 Å². The van der Waals surface area contributed by atoms with Crippen molar-refractivity contribution in [3.8, 4) is 33.8 Å². The van der Waals surface area contributed by atoms with Crippen LogP contribution in [0.1, 0.15) is 17.5 Å². The van der Waals surface area contributed by atoms with Gasteiger partial charge in [0, 0.05) is 38.6 Å². The van der Waals surface area contributed by atoms with E-state index in [1.165, 1.54) is 5.56 Å². The molecule has 0 spiro atoms. The molecule has 0 unspecified atom stereocenters.